The molecular formula is C10H8N4O. The van der Waals surface area contributed by atoms with Gasteiger partial charge in [-0.1, -0.05) is 0 Å². The molecule has 0 aliphatic rings. The van der Waals surface area contributed by atoms with Gasteiger partial charge < -0.3 is 4.74 Å². The molecule has 5 heteroatoms. The monoisotopic (exact) mass is 200 g/mol. The first-order valence-corrected chi connectivity index (χ1v) is 4.51. The van der Waals surface area contributed by atoms with Gasteiger partial charge >= 0.3 is 0 Å². The van der Waals surface area contributed by atoms with Gasteiger partial charge in [0.1, 0.15) is 12.1 Å². The summed E-state index contributed by atoms with van der Waals surface area (Å²) in [6.45, 7) is 0. The number of fused-ring (bicyclic) bond motifs is 3. The maximum Gasteiger partial charge on any atom is 0.179 e. The minimum absolute atomic E-state index is 0.732. The summed E-state index contributed by atoms with van der Waals surface area (Å²) in [6, 6.07) is 5.71. The second-order valence-corrected chi connectivity index (χ2v) is 3.17. The molecule has 0 N–H and O–H groups in total. The summed E-state index contributed by atoms with van der Waals surface area (Å²) in [7, 11) is 1.64. The summed E-state index contributed by atoms with van der Waals surface area (Å²) in [6.07, 6.45) is 3.36. The van der Waals surface area contributed by atoms with Crippen LogP contribution in [-0.2, 0) is 0 Å². The normalized spacial score (nSPS) is 11.0. The summed E-state index contributed by atoms with van der Waals surface area (Å²) in [5, 5.41) is 7.77. The lowest BCUT2D eigenvalue weighted by Crippen LogP contribution is -1.91. The molecule has 0 amide bonds. The van der Waals surface area contributed by atoms with Gasteiger partial charge in [0.05, 0.1) is 24.3 Å². The van der Waals surface area contributed by atoms with Crippen LogP contribution < -0.4 is 4.74 Å². The molecular weight excluding hydrogens is 192 g/mol. The maximum absolute atomic E-state index is 5.17. The summed E-state index contributed by atoms with van der Waals surface area (Å²) < 4.78 is 7.05. The van der Waals surface area contributed by atoms with E-state index < -0.39 is 0 Å². The fraction of sp³-hybridized carbons (Fsp3) is 0.100. The summed E-state index contributed by atoms with van der Waals surface area (Å²) in [5.41, 5.74) is 2.57. The first kappa shape index (κ1) is 8.16. The third-order valence-corrected chi connectivity index (χ3v) is 2.34. The van der Waals surface area contributed by atoms with E-state index in [1.807, 2.05) is 22.6 Å². The van der Waals surface area contributed by atoms with Crippen LogP contribution in [0.1, 0.15) is 0 Å². The fourth-order valence-corrected chi connectivity index (χ4v) is 1.58. The van der Waals surface area contributed by atoms with Crippen molar-refractivity contribution in [1.29, 1.82) is 0 Å². The Bertz CT molecular complexity index is 631. The van der Waals surface area contributed by atoms with Gasteiger partial charge in [-0.3, -0.25) is 9.38 Å². The molecule has 0 spiro atoms. The number of hydrogen-bond donors (Lipinski definition) is 0. The van der Waals surface area contributed by atoms with Crippen molar-refractivity contribution in [3.63, 3.8) is 0 Å². The highest BCUT2D eigenvalue weighted by Gasteiger charge is 2.03. The van der Waals surface area contributed by atoms with Gasteiger partial charge in [-0.15, -0.1) is 10.2 Å². The van der Waals surface area contributed by atoms with Crippen molar-refractivity contribution in [3.8, 4) is 5.75 Å². The van der Waals surface area contributed by atoms with Crippen LogP contribution in [0, 0.1) is 0 Å². The average Bonchev–Trinajstić information content (AvgIpc) is 2.76. The molecule has 15 heavy (non-hydrogen) atoms. The van der Waals surface area contributed by atoms with E-state index in [0.717, 1.165) is 22.4 Å². The van der Waals surface area contributed by atoms with E-state index >= 15 is 0 Å². The van der Waals surface area contributed by atoms with Crippen LogP contribution in [0.2, 0.25) is 0 Å². The van der Waals surface area contributed by atoms with E-state index in [0.29, 0.717) is 0 Å². The predicted molar refractivity (Wildman–Crippen MR) is 54.8 cm³/mol. The molecule has 0 saturated heterocycles. The highest BCUT2D eigenvalue weighted by Crippen LogP contribution is 2.19. The molecule has 0 fully saturated rings. The Morgan fingerprint density at radius 2 is 2.27 bits per heavy atom. The van der Waals surface area contributed by atoms with Crippen LogP contribution in [0.5, 0.6) is 5.75 Å². The summed E-state index contributed by atoms with van der Waals surface area (Å²) in [4.78, 5) is 4.28. The number of hydrogen-bond acceptors (Lipinski definition) is 4. The van der Waals surface area contributed by atoms with Gasteiger partial charge in [0.15, 0.2) is 5.65 Å². The Kier molecular flexibility index (Phi) is 1.58. The van der Waals surface area contributed by atoms with E-state index in [1.165, 1.54) is 0 Å². The molecule has 3 aromatic rings. The largest absolute Gasteiger partial charge is 0.497 e. The van der Waals surface area contributed by atoms with Crippen molar-refractivity contribution in [2.24, 2.45) is 0 Å². The fourth-order valence-electron chi connectivity index (χ4n) is 1.58. The molecule has 0 aliphatic carbocycles. The molecule has 2 aromatic heterocycles. The summed E-state index contributed by atoms with van der Waals surface area (Å²) in [5.74, 6) is 0.797. The summed E-state index contributed by atoms with van der Waals surface area (Å²) >= 11 is 0. The number of benzene rings is 1. The third-order valence-electron chi connectivity index (χ3n) is 2.34. The molecule has 0 saturated carbocycles. The van der Waals surface area contributed by atoms with Gasteiger partial charge in [0, 0.05) is 6.07 Å². The van der Waals surface area contributed by atoms with Gasteiger partial charge in [0.25, 0.3) is 0 Å². The van der Waals surface area contributed by atoms with Gasteiger partial charge in [-0.2, -0.15) is 0 Å². The minimum atomic E-state index is 0.732. The highest BCUT2D eigenvalue weighted by atomic mass is 16.5. The molecule has 0 radical (unpaired) electrons. The average molecular weight is 200 g/mol. The Morgan fingerprint density at radius 3 is 3.13 bits per heavy atom. The number of nitrogens with zero attached hydrogens (tertiary/aromatic N) is 4. The molecule has 74 valence electrons. The lowest BCUT2D eigenvalue weighted by atomic mass is 10.3. The van der Waals surface area contributed by atoms with E-state index in [1.54, 1.807) is 19.6 Å². The van der Waals surface area contributed by atoms with Crippen LogP contribution in [0.15, 0.2) is 30.7 Å². The van der Waals surface area contributed by atoms with Crippen molar-refractivity contribution in [2.45, 2.75) is 0 Å². The molecule has 1 aromatic carbocycles. The van der Waals surface area contributed by atoms with Crippen molar-refractivity contribution >= 4 is 16.7 Å². The van der Waals surface area contributed by atoms with E-state index in [4.69, 9.17) is 4.74 Å². The maximum atomic E-state index is 5.17. The lowest BCUT2D eigenvalue weighted by Gasteiger charge is -2.03. The van der Waals surface area contributed by atoms with Crippen LogP contribution >= 0.6 is 0 Å². The zero-order chi connectivity index (χ0) is 10.3. The number of ether oxygens (including phenoxy) is 1. The van der Waals surface area contributed by atoms with Gasteiger partial charge in [-0.05, 0) is 12.1 Å². The number of rotatable bonds is 1. The van der Waals surface area contributed by atoms with Crippen molar-refractivity contribution < 1.29 is 4.74 Å². The van der Waals surface area contributed by atoms with Crippen LogP contribution in [0.3, 0.4) is 0 Å². The van der Waals surface area contributed by atoms with Crippen LogP contribution in [-0.4, -0.2) is 26.7 Å². The van der Waals surface area contributed by atoms with Crippen LogP contribution in [0.25, 0.3) is 16.7 Å². The zero-order valence-electron chi connectivity index (χ0n) is 8.08. The topological polar surface area (TPSA) is 52.3 Å². The SMILES string of the molecule is COc1ccc2ncc3nncn3c2c1. The Morgan fingerprint density at radius 1 is 1.33 bits per heavy atom. The molecule has 0 bridgehead atoms. The van der Waals surface area contributed by atoms with E-state index in [-0.39, 0.29) is 0 Å². The van der Waals surface area contributed by atoms with Gasteiger partial charge in [0.2, 0.25) is 0 Å². The van der Waals surface area contributed by atoms with Crippen molar-refractivity contribution in [3.05, 3.63) is 30.7 Å². The van der Waals surface area contributed by atoms with Crippen LogP contribution in [0.4, 0.5) is 0 Å². The minimum Gasteiger partial charge on any atom is -0.497 e. The first-order valence-electron chi connectivity index (χ1n) is 4.51. The molecule has 3 rings (SSSR count). The smallest absolute Gasteiger partial charge is 0.179 e. The van der Waals surface area contributed by atoms with Gasteiger partial charge in [-0.25, -0.2) is 0 Å². The first-order chi connectivity index (χ1) is 7.38. The van der Waals surface area contributed by atoms with E-state index in [2.05, 4.69) is 15.2 Å². The predicted octanol–water partition coefficient (Wildman–Crippen LogP) is 1.29. The Hall–Kier alpha value is -2.17. The molecule has 0 aliphatic heterocycles. The Labute approximate surface area is 85.3 Å². The third kappa shape index (κ3) is 1.13. The second kappa shape index (κ2) is 2.91. The van der Waals surface area contributed by atoms with E-state index in [9.17, 15) is 0 Å². The van der Waals surface area contributed by atoms with Crippen molar-refractivity contribution in [2.75, 3.05) is 7.11 Å². The molecule has 2 heterocycles. The highest BCUT2D eigenvalue weighted by molar-refractivity contribution is 5.78. The number of aromatic nitrogens is 4. The molecule has 5 nitrogen and oxygen atoms in total. The second-order valence-electron chi connectivity index (χ2n) is 3.17. The lowest BCUT2D eigenvalue weighted by molar-refractivity contribution is 0.415. The Balaban J connectivity index is 2.48. The quantitative estimate of drug-likeness (QED) is 0.593. The standard InChI is InChI=1S/C10H8N4O/c1-15-7-2-3-8-9(4-7)14-6-12-13-10(14)5-11-8/h2-6H,1H3. The molecule has 0 atom stereocenters. The zero-order valence-corrected chi connectivity index (χ0v) is 8.08. The number of methoxy groups -OCH3 is 1. The van der Waals surface area contributed by atoms with Crippen molar-refractivity contribution in [1.82, 2.24) is 19.6 Å². The molecule has 0 unspecified atom stereocenters.